The third-order valence-electron chi connectivity index (χ3n) is 19.8. The van der Waals surface area contributed by atoms with Crippen LogP contribution in [0.1, 0.15) is 72.2 Å². The van der Waals surface area contributed by atoms with Crippen LogP contribution in [-0.2, 0) is 16.2 Å². The highest BCUT2D eigenvalue weighted by atomic mass is 16.5. The summed E-state index contributed by atoms with van der Waals surface area (Å²) >= 11 is 0. The second-order valence-corrected chi connectivity index (χ2v) is 25.1. The van der Waals surface area contributed by atoms with Crippen molar-refractivity contribution in [1.29, 1.82) is 0 Å². The highest BCUT2D eigenvalue weighted by molar-refractivity contribution is 6.08. The van der Waals surface area contributed by atoms with Crippen molar-refractivity contribution >= 4 is 49.4 Å². The maximum absolute atomic E-state index is 7.00. The van der Waals surface area contributed by atoms with Crippen LogP contribution >= 0.6 is 0 Å². The minimum atomic E-state index is -0.670. The Hall–Kier alpha value is -10.5. The molecule has 0 bridgehead atoms. The van der Waals surface area contributed by atoms with Gasteiger partial charge >= 0.3 is 0 Å². The third-order valence-corrected chi connectivity index (χ3v) is 19.8. The van der Waals surface area contributed by atoms with E-state index in [0.717, 1.165) is 50.5 Å². The number of rotatable bonds is 8. The molecule has 2 heteroatoms. The van der Waals surface area contributed by atoms with Gasteiger partial charge in [0.05, 0.1) is 11.1 Å². The summed E-state index contributed by atoms with van der Waals surface area (Å²) in [6.07, 6.45) is 0. The van der Waals surface area contributed by atoms with Crippen molar-refractivity contribution in [1.82, 2.24) is 0 Å². The molecule has 17 rings (SSSR count). The lowest BCUT2D eigenvalue weighted by Gasteiger charge is -2.36. The van der Waals surface area contributed by atoms with Crippen LogP contribution in [0.2, 0.25) is 0 Å². The van der Waals surface area contributed by atoms with Crippen LogP contribution in [0, 0.1) is 0 Å². The second-order valence-electron chi connectivity index (χ2n) is 25.1. The van der Waals surface area contributed by atoms with Gasteiger partial charge in [0.25, 0.3) is 0 Å². The van der Waals surface area contributed by atoms with Crippen LogP contribution in [0.3, 0.4) is 0 Å². The van der Waals surface area contributed by atoms with E-state index in [1.54, 1.807) is 0 Å². The summed E-state index contributed by atoms with van der Waals surface area (Å²) in [5.41, 5.74) is 24.2. The average Bonchev–Trinajstić information content (AvgIpc) is 1.65. The highest BCUT2D eigenvalue weighted by Gasteiger charge is 2.47. The smallest absolute Gasteiger partial charge is 0.139 e. The van der Waals surface area contributed by atoms with Crippen LogP contribution in [-0.4, -0.2) is 0 Å². The monoisotopic (exact) mass is 1110 g/mol. The van der Waals surface area contributed by atoms with E-state index in [1.165, 1.54) is 111 Å². The Morgan fingerprint density at radius 2 is 0.713 bits per heavy atom. The zero-order valence-electron chi connectivity index (χ0n) is 49.1. The molecule has 0 fully saturated rings. The lowest BCUT2D eigenvalue weighted by atomic mass is 9.67. The van der Waals surface area contributed by atoms with Crippen molar-refractivity contribution in [2.75, 3.05) is 4.90 Å². The molecule has 0 saturated carbocycles. The topological polar surface area (TPSA) is 12.5 Å². The van der Waals surface area contributed by atoms with Crippen molar-refractivity contribution in [2.45, 2.75) is 43.9 Å². The lowest BCUT2D eigenvalue weighted by Crippen LogP contribution is -2.28. The lowest BCUT2D eigenvalue weighted by molar-refractivity contribution is 0.419. The summed E-state index contributed by atoms with van der Waals surface area (Å²) < 4.78 is 7.00. The standard InChI is InChI=1S/C85H61NO/c1-83(2)74-31-17-18-33-81(74)87-82-73(30-19-32-75(82)83)67-46-47-80(72-29-16-15-28-66(67)72)86(64-40-44-69-68-42-38-60(50-76(68)84(3,4)77(69)52-64)58-36-34-54-20-11-13-22-56(54)48-58)65-41-45-71-70-43-39-61(59-37-35-55-21-12-14-23-57(55)49-59)51-78(70)85(79(71)53-65,62-24-7-5-8-25-62)63-26-9-6-10-27-63/h5-53H,1-4H3. The van der Waals surface area contributed by atoms with Crippen LogP contribution < -0.4 is 9.64 Å². The Bertz CT molecular complexity index is 5110. The molecule has 0 radical (unpaired) electrons. The van der Waals surface area contributed by atoms with Crippen molar-refractivity contribution in [2.24, 2.45) is 0 Å². The molecule has 2 aliphatic carbocycles. The van der Waals surface area contributed by atoms with Gasteiger partial charge in [0.1, 0.15) is 11.5 Å². The zero-order chi connectivity index (χ0) is 58.2. The molecule has 0 spiro atoms. The first-order valence-corrected chi connectivity index (χ1v) is 30.5. The summed E-state index contributed by atoms with van der Waals surface area (Å²) in [6.45, 7) is 9.46. The van der Waals surface area contributed by atoms with Crippen molar-refractivity contribution in [3.8, 4) is 67.1 Å². The van der Waals surface area contributed by atoms with E-state index < -0.39 is 5.41 Å². The Balaban J connectivity index is 0.882. The van der Waals surface area contributed by atoms with Gasteiger partial charge in [0, 0.05) is 44.3 Å². The Kier molecular flexibility index (Phi) is 11.3. The molecule has 0 saturated heterocycles. The average molecular weight is 1110 g/mol. The second kappa shape index (κ2) is 19.2. The Morgan fingerprint density at radius 1 is 0.276 bits per heavy atom. The van der Waals surface area contributed by atoms with E-state index in [1.807, 2.05) is 0 Å². The first-order valence-electron chi connectivity index (χ1n) is 30.5. The number of para-hydroxylation sites is 2. The first-order chi connectivity index (χ1) is 42.6. The molecule has 87 heavy (non-hydrogen) atoms. The highest BCUT2D eigenvalue weighted by Crippen LogP contribution is 2.60. The molecule has 0 aromatic heterocycles. The summed E-state index contributed by atoms with van der Waals surface area (Å²) in [5, 5.41) is 7.28. The van der Waals surface area contributed by atoms with Crippen LogP contribution in [0.5, 0.6) is 11.5 Å². The zero-order valence-corrected chi connectivity index (χ0v) is 49.1. The van der Waals surface area contributed by atoms with Gasteiger partial charge in [-0.15, -0.1) is 0 Å². The van der Waals surface area contributed by atoms with E-state index in [0.29, 0.717) is 0 Å². The summed E-state index contributed by atoms with van der Waals surface area (Å²) in [7, 11) is 0. The van der Waals surface area contributed by atoms with Crippen LogP contribution in [0.4, 0.5) is 17.1 Å². The molecule has 0 atom stereocenters. The van der Waals surface area contributed by atoms with E-state index in [4.69, 9.17) is 4.74 Å². The van der Waals surface area contributed by atoms with Gasteiger partial charge in [-0.25, -0.2) is 0 Å². The predicted octanol–water partition coefficient (Wildman–Crippen LogP) is 22.7. The van der Waals surface area contributed by atoms with Crippen molar-refractivity contribution in [3.63, 3.8) is 0 Å². The number of fused-ring (bicyclic) bond motifs is 11. The first kappa shape index (κ1) is 50.9. The molecule has 412 valence electrons. The van der Waals surface area contributed by atoms with Crippen molar-refractivity contribution < 1.29 is 4.74 Å². The fourth-order valence-electron chi connectivity index (χ4n) is 15.4. The molecule has 14 aromatic carbocycles. The summed E-state index contributed by atoms with van der Waals surface area (Å²) in [6, 6.07) is 111. The van der Waals surface area contributed by atoms with Gasteiger partial charge in [-0.05, 0) is 171 Å². The Morgan fingerprint density at radius 3 is 1.34 bits per heavy atom. The number of hydrogen-bond acceptors (Lipinski definition) is 2. The molecular formula is C85H61NO. The normalized spacial score (nSPS) is 14.3. The van der Waals surface area contributed by atoms with Gasteiger partial charge < -0.3 is 9.64 Å². The van der Waals surface area contributed by atoms with Gasteiger partial charge in [0.15, 0.2) is 0 Å². The van der Waals surface area contributed by atoms with E-state index >= 15 is 0 Å². The molecule has 3 aliphatic rings. The molecule has 1 heterocycles. The van der Waals surface area contributed by atoms with Crippen molar-refractivity contribution in [3.05, 3.63) is 342 Å². The predicted molar refractivity (Wildman–Crippen MR) is 363 cm³/mol. The number of ether oxygens (including phenoxy) is 1. The molecule has 0 unspecified atom stereocenters. The quantitative estimate of drug-likeness (QED) is 0.150. The van der Waals surface area contributed by atoms with E-state index in [9.17, 15) is 0 Å². The van der Waals surface area contributed by atoms with Gasteiger partial charge in [0.2, 0.25) is 0 Å². The van der Waals surface area contributed by atoms with Gasteiger partial charge in [-0.1, -0.05) is 264 Å². The Labute approximate surface area is 508 Å². The SMILES string of the molecule is CC1(C)c2cc(-c3ccc4ccccc4c3)ccc2-c2ccc(N(c3ccc4c(c3)C(c3ccccc3)(c3ccccc3)c3cc(-c5ccc6ccccc6c5)ccc3-4)c3ccc(-c4cccc5c4Oc4ccccc4C5(C)C)c4ccccc34)cc21. The maximum Gasteiger partial charge on any atom is 0.139 e. The molecule has 2 nitrogen and oxygen atoms in total. The largest absolute Gasteiger partial charge is 0.456 e. The summed E-state index contributed by atoms with van der Waals surface area (Å²) in [5.74, 6) is 1.83. The summed E-state index contributed by atoms with van der Waals surface area (Å²) in [4.78, 5) is 2.55. The fraction of sp³-hybridized carbons (Fsp3) is 0.0824. The molecule has 0 amide bonds. The minimum Gasteiger partial charge on any atom is -0.456 e. The minimum absolute atomic E-state index is 0.258. The van der Waals surface area contributed by atoms with Crippen LogP contribution in [0.25, 0.3) is 88.0 Å². The molecule has 14 aromatic rings. The van der Waals surface area contributed by atoms with E-state index in [2.05, 4.69) is 330 Å². The van der Waals surface area contributed by atoms with Gasteiger partial charge in [-0.2, -0.15) is 0 Å². The third kappa shape index (κ3) is 7.67. The van der Waals surface area contributed by atoms with E-state index in [-0.39, 0.29) is 10.8 Å². The number of anilines is 3. The number of nitrogens with zero attached hydrogens (tertiary/aromatic N) is 1. The molecule has 1 aliphatic heterocycles. The van der Waals surface area contributed by atoms with Gasteiger partial charge in [-0.3, -0.25) is 0 Å². The fourth-order valence-corrected chi connectivity index (χ4v) is 15.4. The molecular weight excluding hydrogens is 1050 g/mol. The number of hydrogen-bond donors (Lipinski definition) is 0. The maximum atomic E-state index is 7.00. The number of benzene rings is 14. The molecule has 0 N–H and O–H groups in total. The van der Waals surface area contributed by atoms with Crippen LogP contribution in [0.15, 0.2) is 297 Å².